The van der Waals surface area contributed by atoms with E-state index in [1.807, 2.05) is 6.07 Å². The van der Waals surface area contributed by atoms with Crippen molar-refractivity contribution < 1.29 is 9.90 Å². The molecule has 0 unspecified atom stereocenters. The molecule has 130 valence electrons. The van der Waals surface area contributed by atoms with Crippen LogP contribution in [0.1, 0.15) is 5.56 Å². The Kier molecular flexibility index (Phi) is 4.33. The Morgan fingerprint density at radius 2 is 1.77 bits per heavy atom. The van der Waals surface area contributed by atoms with E-state index in [0.29, 0.717) is 16.8 Å². The second-order valence-electron chi connectivity index (χ2n) is 5.82. The summed E-state index contributed by atoms with van der Waals surface area (Å²) in [6.45, 7) is 0. The van der Waals surface area contributed by atoms with Crippen LogP contribution in [0.5, 0.6) is 5.75 Å². The van der Waals surface area contributed by atoms with Gasteiger partial charge in [0.05, 0.1) is 11.0 Å². The van der Waals surface area contributed by atoms with Crippen molar-refractivity contribution >= 4 is 28.7 Å². The maximum Gasteiger partial charge on any atom is 0.328 e. The molecular weight excluding hydrogens is 332 g/mol. The van der Waals surface area contributed by atoms with Gasteiger partial charge < -0.3 is 10.4 Å². The van der Waals surface area contributed by atoms with E-state index in [2.05, 4.69) is 5.32 Å². The molecule has 1 heterocycles. The van der Waals surface area contributed by atoms with E-state index in [1.54, 1.807) is 32.3 Å². The normalized spacial score (nSPS) is 11.3. The summed E-state index contributed by atoms with van der Waals surface area (Å²) in [6.07, 6.45) is 1.46. The van der Waals surface area contributed by atoms with E-state index in [1.165, 1.54) is 39.5 Å². The lowest BCUT2D eigenvalue weighted by molar-refractivity contribution is -0.112. The first-order valence-electron chi connectivity index (χ1n) is 7.78. The van der Waals surface area contributed by atoms with Gasteiger partial charge in [-0.15, -0.1) is 0 Å². The fourth-order valence-electron chi connectivity index (χ4n) is 2.67. The van der Waals surface area contributed by atoms with Crippen LogP contribution in [0.4, 0.5) is 5.69 Å². The van der Waals surface area contributed by atoms with Gasteiger partial charge in [0.1, 0.15) is 17.4 Å². The molecule has 0 aliphatic carbocycles. The summed E-state index contributed by atoms with van der Waals surface area (Å²) in [6, 6.07) is 13.1. The van der Waals surface area contributed by atoms with Gasteiger partial charge in [0.25, 0.3) is 5.91 Å². The van der Waals surface area contributed by atoms with Crippen molar-refractivity contribution in [2.75, 3.05) is 5.32 Å². The van der Waals surface area contributed by atoms with E-state index < -0.39 is 5.91 Å². The number of imidazole rings is 1. The molecule has 3 rings (SSSR count). The molecule has 2 N–H and O–H groups in total. The van der Waals surface area contributed by atoms with E-state index >= 15 is 0 Å². The zero-order chi connectivity index (χ0) is 18.8. The molecule has 0 radical (unpaired) electrons. The Balaban J connectivity index is 1.93. The van der Waals surface area contributed by atoms with Crippen LogP contribution >= 0.6 is 0 Å². The van der Waals surface area contributed by atoms with Crippen LogP contribution in [0.3, 0.4) is 0 Å². The van der Waals surface area contributed by atoms with Crippen LogP contribution in [0.15, 0.2) is 52.8 Å². The smallest absolute Gasteiger partial charge is 0.328 e. The number of phenolic OH excluding ortho intramolecular Hbond substituents is 1. The molecule has 0 saturated heterocycles. The molecule has 0 bridgehead atoms. The molecule has 26 heavy (non-hydrogen) atoms. The van der Waals surface area contributed by atoms with Crippen LogP contribution in [-0.4, -0.2) is 20.1 Å². The number of amides is 1. The molecule has 0 aliphatic rings. The Morgan fingerprint density at radius 3 is 2.42 bits per heavy atom. The SMILES string of the molecule is Cn1c(=O)n(C)c2cc(C=C(C#N)C(=O)Nc3ccc(O)cc3)ccc21. The third kappa shape index (κ3) is 3.08. The van der Waals surface area contributed by atoms with Crippen LogP contribution in [0.25, 0.3) is 17.1 Å². The van der Waals surface area contributed by atoms with Crippen LogP contribution in [-0.2, 0) is 18.9 Å². The Morgan fingerprint density at radius 1 is 1.12 bits per heavy atom. The number of phenols is 1. The van der Waals surface area contributed by atoms with Crippen molar-refractivity contribution in [3.63, 3.8) is 0 Å². The number of hydrogen-bond acceptors (Lipinski definition) is 4. The van der Waals surface area contributed by atoms with Crippen molar-refractivity contribution in [2.24, 2.45) is 14.1 Å². The number of carbonyl (C=O) groups excluding carboxylic acids is 1. The number of aryl methyl sites for hydroxylation is 2. The molecular formula is C19H16N4O3. The van der Waals surface area contributed by atoms with E-state index in [4.69, 9.17) is 0 Å². The maximum atomic E-state index is 12.3. The summed E-state index contributed by atoms with van der Waals surface area (Å²) < 4.78 is 3.04. The van der Waals surface area contributed by atoms with Gasteiger partial charge >= 0.3 is 5.69 Å². The summed E-state index contributed by atoms with van der Waals surface area (Å²) in [5.74, 6) is -0.471. The molecule has 7 nitrogen and oxygen atoms in total. The summed E-state index contributed by atoms with van der Waals surface area (Å²) in [5, 5.41) is 21.2. The monoisotopic (exact) mass is 348 g/mol. The van der Waals surface area contributed by atoms with E-state index in [-0.39, 0.29) is 17.0 Å². The van der Waals surface area contributed by atoms with Crippen molar-refractivity contribution in [1.82, 2.24) is 9.13 Å². The lowest BCUT2D eigenvalue weighted by Gasteiger charge is -2.04. The number of carbonyl (C=O) groups is 1. The van der Waals surface area contributed by atoms with Gasteiger partial charge in [-0.1, -0.05) is 6.07 Å². The molecule has 0 aliphatic heterocycles. The third-order valence-electron chi connectivity index (χ3n) is 4.10. The lowest BCUT2D eigenvalue weighted by Crippen LogP contribution is -2.19. The predicted octanol–water partition coefficient (Wildman–Crippen LogP) is 2.13. The standard InChI is InChI=1S/C19H16N4O3/c1-22-16-8-3-12(10-17(16)23(2)19(22)26)9-13(11-20)18(25)21-14-4-6-15(24)7-5-14/h3-10,24H,1-2H3,(H,21,25). The van der Waals surface area contributed by atoms with Crippen molar-refractivity contribution in [3.8, 4) is 11.8 Å². The Hall–Kier alpha value is -3.79. The second-order valence-corrected chi connectivity index (χ2v) is 5.82. The highest BCUT2D eigenvalue weighted by Gasteiger charge is 2.11. The first-order valence-corrected chi connectivity index (χ1v) is 7.78. The second kappa shape index (κ2) is 6.61. The van der Waals surface area contributed by atoms with Crippen molar-refractivity contribution in [1.29, 1.82) is 5.26 Å². The van der Waals surface area contributed by atoms with Gasteiger partial charge in [-0.2, -0.15) is 5.26 Å². The number of hydrogen-bond donors (Lipinski definition) is 2. The van der Waals surface area contributed by atoms with Gasteiger partial charge in [0.2, 0.25) is 0 Å². The van der Waals surface area contributed by atoms with Crippen molar-refractivity contribution in [3.05, 3.63) is 64.1 Å². The Bertz CT molecular complexity index is 1130. The fraction of sp³-hybridized carbons (Fsp3) is 0.105. The molecule has 3 aromatic rings. The average Bonchev–Trinajstić information content (AvgIpc) is 2.85. The quantitative estimate of drug-likeness (QED) is 0.430. The number of nitrogens with zero attached hydrogens (tertiary/aromatic N) is 3. The highest BCUT2D eigenvalue weighted by atomic mass is 16.3. The summed E-state index contributed by atoms with van der Waals surface area (Å²) in [4.78, 5) is 24.3. The number of aromatic nitrogens is 2. The first-order chi connectivity index (χ1) is 12.4. The molecule has 1 aromatic heterocycles. The molecule has 0 spiro atoms. The first kappa shape index (κ1) is 17.0. The average molecular weight is 348 g/mol. The Labute approximate surface area is 149 Å². The molecule has 1 amide bonds. The van der Waals surface area contributed by atoms with Crippen molar-refractivity contribution in [2.45, 2.75) is 0 Å². The minimum Gasteiger partial charge on any atom is -0.508 e. The number of rotatable bonds is 3. The van der Waals surface area contributed by atoms with E-state index in [0.717, 1.165) is 5.52 Å². The molecule has 0 saturated carbocycles. The number of aromatic hydroxyl groups is 1. The largest absolute Gasteiger partial charge is 0.508 e. The summed E-state index contributed by atoms with van der Waals surface area (Å²) >= 11 is 0. The minimum atomic E-state index is -0.555. The van der Waals surface area contributed by atoms with Gasteiger partial charge in [0.15, 0.2) is 0 Å². The maximum absolute atomic E-state index is 12.3. The van der Waals surface area contributed by atoms with Crippen LogP contribution in [0.2, 0.25) is 0 Å². The zero-order valence-corrected chi connectivity index (χ0v) is 14.2. The van der Waals surface area contributed by atoms with Crippen LogP contribution in [0, 0.1) is 11.3 Å². The highest BCUT2D eigenvalue weighted by Crippen LogP contribution is 2.18. The van der Waals surface area contributed by atoms with Gasteiger partial charge in [-0.3, -0.25) is 13.9 Å². The predicted molar refractivity (Wildman–Crippen MR) is 98.5 cm³/mol. The third-order valence-corrected chi connectivity index (χ3v) is 4.10. The highest BCUT2D eigenvalue weighted by molar-refractivity contribution is 6.09. The van der Waals surface area contributed by atoms with E-state index in [9.17, 15) is 20.0 Å². The number of benzene rings is 2. The number of fused-ring (bicyclic) bond motifs is 1. The number of anilines is 1. The molecule has 7 heteroatoms. The van der Waals surface area contributed by atoms with Gasteiger partial charge in [0, 0.05) is 19.8 Å². The number of nitriles is 1. The topological polar surface area (TPSA) is 100 Å². The van der Waals surface area contributed by atoms with Gasteiger partial charge in [-0.05, 0) is 48.0 Å². The fourth-order valence-corrected chi connectivity index (χ4v) is 2.67. The van der Waals surface area contributed by atoms with Gasteiger partial charge in [-0.25, -0.2) is 4.79 Å². The minimum absolute atomic E-state index is 0.0710. The summed E-state index contributed by atoms with van der Waals surface area (Å²) in [7, 11) is 3.35. The molecule has 2 aromatic carbocycles. The summed E-state index contributed by atoms with van der Waals surface area (Å²) in [5.41, 5.74) is 2.36. The zero-order valence-electron chi connectivity index (χ0n) is 14.2. The molecule has 0 fully saturated rings. The lowest BCUT2D eigenvalue weighted by atomic mass is 10.1. The number of nitrogens with one attached hydrogen (secondary N) is 1. The van der Waals surface area contributed by atoms with Crippen LogP contribution < -0.4 is 11.0 Å². The molecule has 0 atom stereocenters.